The van der Waals surface area contributed by atoms with Crippen LogP contribution in [0.4, 0.5) is 0 Å². The molecular formula is C55H43N3Si. The molecule has 282 valence electrons. The first-order valence-corrected chi connectivity index (χ1v) is 23.9. The molecule has 59 heavy (non-hydrogen) atoms. The number of fused-ring (bicyclic) bond motifs is 3. The van der Waals surface area contributed by atoms with E-state index in [1.165, 1.54) is 49.7 Å². The molecule has 1 aliphatic rings. The Morgan fingerprint density at radius 1 is 0.322 bits per heavy atom. The van der Waals surface area contributed by atoms with E-state index >= 15 is 0 Å². The van der Waals surface area contributed by atoms with Crippen molar-refractivity contribution in [1.82, 2.24) is 15.0 Å². The van der Waals surface area contributed by atoms with Crippen LogP contribution in [0, 0.1) is 0 Å². The fourth-order valence-electron chi connectivity index (χ4n) is 8.81. The maximum absolute atomic E-state index is 5.01. The molecule has 0 aliphatic heterocycles. The van der Waals surface area contributed by atoms with Gasteiger partial charge in [-0.1, -0.05) is 213 Å². The highest BCUT2D eigenvalue weighted by Crippen LogP contribution is 2.56. The van der Waals surface area contributed by atoms with Gasteiger partial charge in [0.15, 0.2) is 17.5 Å². The van der Waals surface area contributed by atoms with Crippen LogP contribution in [0.15, 0.2) is 206 Å². The summed E-state index contributed by atoms with van der Waals surface area (Å²) < 4.78 is 0. The molecule has 0 amide bonds. The van der Waals surface area contributed by atoms with Crippen LogP contribution in [0.1, 0.15) is 22.3 Å². The minimum absolute atomic E-state index is 0.463. The number of rotatable bonds is 8. The Morgan fingerprint density at radius 3 is 1.32 bits per heavy atom. The zero-order chi connectivity index (χ0) is 40.0. The topological polar surface area (TPSA) is 38.7 Å². The first kappa shape index (κ1) is 36.3. The zero-order valence-electron chi connectivity index (χ0n) is 33.5. The smallest absolute Gasteiger partial charge is 0.164 e. The predicted molar refractivity (Wildman–Crippen MR) is 247 cm³/mol. The molecule has 1 unspecified atom stereocenters. The van der Waals surface area contributed by atoms with E-state index < -0.39 is 13.5 Å². The molecule has 3 nitrogen and oxygen atoms in total. The van der Waals surface area contributed by atoms with Gasteiger partial charge in [-0.3, -0.25) is 0 Å². The summed E-state index contributed by atoms with van der Waals surface area (Å²) in [5, 5.41) is 1.47. The van der Waals surface area contributed by atoms with Crippen LogP contribution >= 0.6 is 0 Å². The van der Waals surface area contributed by atoms with Gasteiger partial charge >= 0.3 is 0 Å². The van der Waals surface area contributed by atoms with E-state index in [2.05, 4.69) is 165 Å². The second kappa shape index (κ2) is 14.7. The van der Waals surface area contributed by atoms with E-state index in [1.807, 2.05) is 60.7 Å². The summed E-state index contributed by atoms with van der Waals surface area (Å²) >= 11 is 0. The molecule has 4 heteroatoms. The summed E-state index contributed by atoms with van der Waals surface area (Å²) in [6.07, 6.45) is 0. The van der Waals surface area contributed by atoms with Crippen LogP contribution in [-0.4, -0.2) is 23.0 Å². The standard InChI is InChI=1S/C55H43N3Si/c1-59(2,3)47-32-30-46(31-33-47)55(45-25-11-6-12-26-45)50-28-14-13-27-48(50)49-34-29-43(37-51(49)55)41-22-15-21-40(35-41)42-23-16-24-44(36-42)54-57-52(38-17-7-4-8-18-38)56-53(58-54)39-19-9-5-10-20-39/h4-37H,1-3H3. The SMILES string of the molecule is C[Si](C)(C)c1ccc(C2(c3ccccc3)c3ccccc3-c3ccc(-c4cccc(-c5cccc(-c6nc(-c7ccccc7)nc(-c7ccccc7)n6)c5)c4)cc32)cc1. The fourth-order valence-corrected chi connectivity index (χ4v) is 9.98. The third-order valence-electron chi connectivity index (χ3n) is 11.8. The van der Waals surface area contributed by atoms with Crippen molar-refractivity contribution in [3.05, 3.63) is 229 Å². The normalized spacial score (nSPS) is 14.4. The lowest BCUT2D eigenvalue weighted by Crippen LogP contribution is -2.38. The quantitative estimate of drug-likeness (QED) is 0.144. The van der Waals surface area contributed by atoms with Crippen LogP contribution in [0.3, 0.4) is 0 Å². The van der Waals surface area contributed by atoms with Gasteiger partial charge in [0.05, 0.1) is 13.5 Å². The van der Waals surface area contributed by atoms with Crippen LogP contribution < -0.4 is 5.19 Å². The van der Waals surface area contributed by atoms with Gasteiger partial charge in [-0.2, -0.15) is 0 Å². The molecule has 1 atom stereocenters. The Kier molecular flexibility index (Phi) is 9.07. The summed E-state index contributed by atoms with van der Waals surface area (Å²) in [6, 6.07) is 74.4. The minimum Gasteiger partial charge on any atom is -0.208 e. The van der Waals surface area contributed by atoms with Crippen molar-refractivity contribution in [1.29, 1.82) is 0 Å². The van der Waals surface area contributed by atoms with Gasteiger partial charge in [-0.05, 0) is 73.8 Å². The van der Waals surface area contributed by atoms with Gasteiger partial charge in [0.2, 0.25) is 0 Å². The van der Waals surface area contributed by atoms with E-state index in [-0.39, 0.29) is 0 Å². The largest absolute Gasteiger partial charge is 0.208 e. The maximum Gasteiger partial charge on any atom is 0.164 e. The summed E-state index contributed by atoms with van der Waals surface area (Å²) in [7, 11) is -1.50. The third kappa shape index (κ3) is 6.52. The molecule has 1 heterocycles. The first-order valence-electron chi connectivity index (χ1n) is 20.4. The number of aromatic nitrogens is 3. The predicted octanol–water partition coefficient (Wildman–Crippen LogP) is 13.1. The highest BCUT2D eigenvalue weighted by molar-refractivity contribution is 6.88. The summed E-state index contributed by atoms with van der Waals surface area (Å²) in [4.78, 5) is 14.9. The molecule has 0 spiro atoms. The lowest BCUT2D eigenvalue weighted by atomic mass is 9.67. The van der Waals surface area contributed by atoms with Gasteiger partial charge in [0, 0.05) is 16.7 Å². The molecule has 0 saturated heterocycles. The highest BCUT2D eigenvalue weighted by Gasteiger charge is 2.46. The Bertz CT molecular complexity index is 2900. The Morgan fingerprint density at radius 2 is 0.746 bits per heavy atom. The van der Waals surface area contributed by atoms with Crippen molar-refractivity contribution >= 4 is 13.3 Å². The molecule has 0 radical (unpaired) electrons. The number of hydrogen-bond donors (Lipinski definition) is 0. The molecular weight excluding hydrogens is 731 g/mol. The monoisotopic (exact) mass is 773 g/mol. The molecule has 1 aliphatic carbocycles. The molecule has 0 bridgehead atoms. The number of nitrogens with zero attached hydrogens (tertiary/aromatic N) is 3. The van der Waals surface area contributed by atoms with Gasteiger partial charge in [-0.15, -0.1) is 0 Å². The first-order chi connectivity index (χ1) is 28.9. The Hall–Kier alpha value is -7.01. The summed E-state index contributed by atoms with van der Waals surface area (Å²) in [6.45, 7) is 7.26. The van der Waals surface area contributed by atoms with Crippen molar-refractivity contribution in [2.45, 2.75) is 25.1 Å². The maximum atomic E-state index is 5.01. The average molecular weight is 774 g/mol. The van der Waals surface area contributed by atoms with E-state index in [4.69, 9.17) is 15.0 Å². The van der Waals surface area contributed by atoms with Crippen molar-refractivity contribution in [3.8, 4) is 67.5 Å². The molecule has 0 saturated carbocycles. The molecule has 8 aromatic carbocycles. The molecule has 9 aromatic rings. The Labute approximate surface area is 347 Å². The Balaban J connectivity index is 1.08. The number of hydrogen-bond acceptors (Lipinski definition) is 3. The fraction of sp³-hybridized carbons (Fsp3) is 0.0727. The van der Waals surface area contributed by atoms with Crippen LogP contribution in [0.25, 0.3) is 67.5 Å². The highest BCUT2D eigenvalue weighted by atomic mass is 28.3. The van der Waals surface area contributed by atoms with Gasteiger partial charge in [0.1, 0.15) is 0 Å². The van der Waals surface area contributed by atoms with Crippen LogP contribution in [0.5, 0.6) is 0 Å². The van der Waals surface area contributed by atoms with Gasteiger partial charge in [-0.25, -0.2) is 15.0 Å². The third-order valence-corrected chi connectivity index (χ3v) is 13.9. The van der Waals surface area contributed by atoms with E-state index in [0.717, 1.165) is 27.8 Å². The van der Waals surface area contributed by atoms with Gasteiger partial charge in [0.25, 0.3) is 0 Å². The number of benzene rings is 8. The van der Waals surface area contributed by atoms with Crippen molar-refractivity contribution < 1.29 is 0 Å². The average Bonchev–Trinajstić information content (AvgIpc) is 3.60. The molecule has 0 fully saturated rings. The van der Waals surface area contributed by atoms with E-state index in [1.54, 1.807) is 0 Å². The van der Waals surface area contributed by atoms with Crippen LogP contribution in [-0.2, 0) is 5.41 Å². The molecule has 0 N–H and O–H groups in total. The second-order valence-corrected chi connectivity index (χ2v) is 21.5. The second-order valence-electron chi connectivity index (χ2n) is 16.4. The van der Waals surface area contributed by atoms with E-state index in [9.17, 15) is 0 Å². The molecule has 10 rings (SSSR count). The lowest BCUT2D eigenvalue weighted by molar-refractivity contribution is 0.769. The lowest BCUT2D eigenvalue weighted by Gasteiger charge is -2.34. The molecule has 1 aromatic heterocycles. The van der Waals surface area contributed by atoms with E-state index in [0.29, 0.717) is 17.5 Å². The van der Waals surface area contributed by atoms with Crippen molar-refractivity contribution in [2.24, 2.45) is 0 Å². The van der Waals surface area contributed by atoms with Crippen molar-refractivity contribution in [3.63, 3.8) is 0 Å². The van der Waals surface area contributed by atoms with Crippen LogP contribution in [0.2, 0.25) is 19.6 Å². The summed E-state index contributed by atoms with van der Waals surface area (Å²) in [5.41, 5.74) is 14.8. The minimum atomic E-state index is -1.50. The summed E-state index contributed by atoms with van der Waals surface area (Å²) in [5.74, 6) is 1.95. The van der Waals surface area contributed by atoms with Crippen molar-refractivity contribution in [2.75, 3.05) is 0 Å². The van der Waals surface area contributed by atoms with Gasteiger partial charge < -0.3 is 0 Å². The zero-order valence-corrected chi connectivity index (χ0v) is 34.5.